The average Bonchev–Trinajstić information content (AvgIpc) is 3.17. The minimum atomic E-state index is -0.274. The number of likely N-dealkylation sites (N-methyl/N-ethyl adjacent to an activating group) is 1. The topological polar surface area (TPSA) is 57.6 Å². The molecule has 2 amide bonds. The number of rotatable bonds is 6. The molecule has 0 radical (unpaired) electrons. The number of benzene rings is 2. The quantitative estimate of drug-likeness (QED) is 0.703. The van der Waals surface area contributed by atoms with Crippen molar-refractivity contribution in [2.75, 3.05) is 33.7 Å². The summed E-state index contributed by atoms with van der Waals surface area (Å²) in [5.41, 5.74) is 3.78. The number of nitrogens with one attached hydrogen (secondary N) is 1. The number of fused-ring (bicyclic) bond motifs is 2. The summed E-state index contributed by atoms with van der Waals surface area (Å²) in [4.78, 5) is 29.5. The van der Waals surface area contributed by atoms with Crippen molar-refractivity contribution in [1.82, 2.24) is 19.7 Å². The molecule has 2 aromatic carbocycles. The maximum Gasteiger partial charge on any atom is 0.255 e. The average molecular weight is 390 g/mol. The van der Waals surface area contributed by atoms with Gasteiger partial charge in [-0.25, -0.2) is 0 Å². The number of amides is 2. The Morgan fingerprint density at radius 1 is 1.07 bits per heavy atom. The van der Waals surface area contributed by atoms with Gasteiger partial charge in [0.1, 0.15) is 6.54 Å². The number of para-hydroxylation sites is 1. The van der Waals surface area contributed by atoms with Crippen LogP contribution < -0.4 is 5.32 Å². The Balaban J connectivity index is 1.70. The van der Waals surface area contributed by atoms with Crippen LogP contribution in [0.4, 0.5) is 0 Å². The number of aromatic nitrogens is 1. The third-order valence-corrected chi connectivity index (χ3v) is 5.48. The second-order valence-corrected chi connectivity index (χ2v) is 7.79. The van der Waals surface area contributed by atoms with Crippen LogP contribution in [0.25, 0.3) is 10.9 Å². The van der Waals surface area contributed by atoms with Gasteiger partial charge >= 0.3 is 0 Å². The van der Waals surface area contributed by atoms with Crippen molar-refractivity contribution >= 4 is 22.7 Å². The largest absolute Gasteiger partial charge is 0.353 e. The summed E-state index contributed by atoms with van der Waals surface area (Å²) in [5, 5.41) is 4.02. The summed E-state index contributed by atoms with van der Waals surface area (Å²) < 4.78 is 2.07. The van der Waals surface area contributed by atoms with Gasteiger partial charge in [-0.3, -0.25) is 9.59 Å². The van der Waals surface area contributed by atoms with Gasteiger partial charge in [0.2, 0.25) is 5.91 Å². The van der Waals surface area contributed by atoms with Crippen LogP contribution in [0.5, 0.6) is 0 Å². The molecule has 0 fully saturated rings. The van der Waals surface area contributed by atoms with E-state index in [1.54, 1.807) is 4.90 Å². The van der Waals surface area contributed by atoms with Crippen molar-refractivity contribution in [2.24, 2.45) is 7.05 Å². The van der Waals surface area contributed by atoms with Gasteiger partial charge in [-0.1, -0.05) is 36.4 Å². The molecule has 6 nitrogen and oxygen atoms in total. The first-order valence-electron chi connectivity index (χ1n) is 9.82. The zero-order valence-electron chi connectivity index (χ0n) is 17.1. The second kappa shape index (κ2) is 7.72. The van der Waals surface area contributed by atoms with E-state index in [9.17, 15) is 9.59 Å². The minimum Gasteiger partial charge on any atom is -0.353 e. The monoisotopic (exact) mass is 390 g/mol. The number of aryl methyl sites for hydroxylation is 1. The van der Waals surface area contributed by atoms with Crippen molar-refractivity contribution in [3.63, 3.8) is 0 Å². The maximum atomic E-state index is 13.2. The van der Waals surface area contributed by atoms with Crippen molar-refractivity contribution in [3.8, 4) is 0 Å². The fourth-order valence-corrected chi connectivity index (χ4v) is 4.09. The molecule has 0 spiro atoms. The number of hydrogen-bond donors (Lipinski definition) is 1. The van der Waals surface area contributed by atoms with Crippen molar-refractivity contribution in [3.05, 3.63) is 71.4 Å². The summed E-state index contributed by atoms with van der Waals surface area (Å²) in [5.74, 6) is -0.237. The summed E-state index contributed by atoms with van der Waals surface area (Å²) in [6.07, 6.45) is 2.07. The first-order chi connectivity index (χ1) is 14.0. The molecule has 29 heavy (non-hydrogen) atoms. The van der Waals surface area contributed by atoms with Crippen LogP contribution in [-0.2, 0) is 11.8 Å². The highest BCUT2D eigenvalue weighted by molar-refractivity contribution is 6.02. The molecule has 1 aromatic heterocycles. The van der Waals surface area contributed by atoms with Gasteiger partial charge in [-0.05, 0) is 31.8 Å². The molecule has 0 bridgehead atoms. The molecule has 0 saturated carbocycles. The van der Waals surface area contributed by atoms with E-state index in [4.69, 9.17) is 0 Å². The Bertz CT molecular complexity index is 1070. The SMILES string of the molecule is CN(C)CCNC(=O)CN1C(=O)c2ccccc2[C@H]1c1cn(C)c2ccccc12. The smallest absolute Gasteiger partial charge is 0.255 e. The second-order valence-electron chi connectivity index (χ2n) is 7.79. The molecule has 1 atom stereocenters. The highest BCUT2D eigenvalue weighted by atomic mass is 16.2. The molecule has 6 heteroatoms. The predicted octanol–water partition coefficient (Wildman–Crippen LogP) is 2.40. The Morgan fingerprint density at radius 2 is 1.79 bits per heavy atom. The van der Waals surface area contributed by atoms with E-state index in [1.165, 1.54) is 0 Å². The van der Waals surface area contributed by atoms with Gasteiger partial charge in [-0.2, -0.15) is 0 Å². The van der Waals surface area contributed by atoms with Gasteiger partial charge in [0, 0.05) is 48.4 Å². The van der Waals surface area contributed by atoms with E-state index in [-0.39, 0.29) is 24.4 Å². The third-order valence-electron chi connectivity index (χ3n) is 5.48. The standard InChI is InChI=1S/C23H26N4O2/c1-25(2)13-12-24-21(28)15-27-22(17-9-4-5-10-18(17)23(27)29)19-14-26(3)20-11-7-6-8-16(19)20/h4-11,14,22H,12-13,15H2,1-3H3,(H,24,28)/t22-/m0/s1. The number of carbonyl (C=O) groups excluding carboxylic acids is 2. The molecule has 0 saturated heterocycles. The molecule has 3 aromatic rings. The highest BCUT2D eigenvalue weighted by Gasteiger charge is 2.39. The van der Waals surface area contributed by atoms with Gasteiger partial charge in [0.25, 0.3) is 5.91 Å². The van der Waals surface area contributed by atoms with E-state index in [0.717, 1.165) is 28.6 Å². The molecule has 4 rings (SSSR count). The Hall–Kier alpha value is -3.12. The fraction of sp³-hybridized carbons (Fsp3) is 0.304. The van der Waals surface area contributed by atoms with Crippen LogP contribution in [0, 0.1) is 0 Å². The van der Waals surface area contributed by atoms with E-state index in [2.05, 4.69) is 28.2 Å². The van der Waals surface area contributed by atoms with Crippen LogP contribution >= 0.6 is 0 Å². The molecule has 1 aliphatic rings. The maximum absolute atomic E-state index is 13.2. The molecule has 150 valence electrons. The summed E-state index contributed by atoms with van der Waals surface area (Å²) in [6, 6.07) is 15.5. The van der Waals surface area contributed by atoms with E-state index in [0.29, 0.717) is 12.1 Å². The van der Waals surface area contributed by atoms with Crippen LogP contribution in [0.2, 0.25) is 0 Å². The highest BCUT2D eigenvalue weighted by Crippen LogP contribution is 2.41. The van der Waals surface area contributed by atoms with Gasteiger partial charge < -0.3 is 19.7 Å². The first kappa shape index (κ1) is 19.2. The van der Waals surface area contributed by atoms with Gasteiger partial charge in [0.05, 0.1) is 6.04 Å². The normalized spacial score (nSPS) is 15.9. The first-order valence-corrected chi connectivity index (χ1v) is 9.82. The van der Waals surface area contributed by atoms with E-state index >= 15 is 0 Å². The number of carbonyl (C=O) groups is 2. The summed E-state index contributed by atoms with van der Waals surface area (Å²) in [6.45, 7) is 1.35. The number of hydrogen-bond acceptors (Lipinski definition) is 3. The van der Waals surface area contributed by atoms with Crippen LogP contribution in [0.15, 0.2) is 54.7 Å². The van der Waals surface area contributed by atoms with Gasteiger partial charge in [0.15, 0.2) is 0 Å². The lowest BCUT2D eigenvalue weighted by Gasteiger charge is -2.25. The van der Waals surface area contributed by atoms with Crippen LogP contribution in [0.3, 0.4) is 0 Å². The Kier molecular flexibility index (Phi) is 5.11. The minimum absolute atomic E-state index is 0.0365. The van der Waals surface area contributed by atoms with Crippen molar-refractivity contribution in [1.29, 1.82) is 0 Å². The molecular formula is C23H26N4O2. The molecule has 2 heterocycles. The van der Waals surface area contributed by atoms with Crippen LogP contribution in [0.1, 0.15) is 27.5 Å². The molecule has 1 N–H and O–H groups in total. The summed E-state index contributed by atoms with van der Waals surface area (Å²) in [7, 11) is 5.93. The third kappa shape index (κ3) is 3.51. The van der Waals surface area contributed by atoms with Gasteiger partial charge in [-0.15, -0.1) is 0 Å². The van der Waals surface area contributed by atoms with Crippen molar-refractivity contribution in [2.45, 2.75) is 6.04 Å². The molecular weight excluding hydrogens is 364 g/mol. The molecule has 0 aliphatic carbocycles. The van der Waals surface area contributed by atoms with E-state index in [1.807, 2.05) is 62.4 Å². The zero-order valence-corrected chi connectivity index (χ0v) is 17.1. The van der Waals surface area contributed by atoms with Crippen molar-refractivity contribution < 1.29 is 9.59 Å². The number of nitrogens with zero attached hydrogens (tertiary/aromatic N) is 3. The molecule has 1 aliphatic heterocycles. The fourth-order valence-electron chi connectivity index (χ4n) is 4.09. The lowest BCUT2D eigenvalue weighted by atomic mass is 9.97. The predicted molar refractivity (Wildman–Crippen MR) is 114 cm³/mol. The Morgan fingerprint density at radius 3 is 2.59 bits per heavy atom. The lowest BCUT2D eigenvalue weighted by molar-refractivity contribution is -0.122. The Labute approximate surface area is 170 Å². The van der Waals surface area contributed by atoms with E-state index < -0.39 is 0 Å². The summed E-state index contributed by atoms with van der Waals surface area (Å²) >= 11 is 0. The lowest BCUT2D eigenvalue weighted by Crippen LogP contribution is -2.41. The zero-order chi connectivity index (χ0) is 20.5. The van der Waals surface area contributed by atoms with Crippen LogP contribution in [-0.4, -0.2) is 59.9 Å². The molecule has 0 unspecified atom stereocenters.